The van der Waals surface area contributed by atoms with Gasteiger partial charge in [0.25, 0.3) is 0 Å². The Kier molecular flexibility index (Phi) is 4.11. The van der Waals surface area contributed by atoms with Gasteiger partial charge in [0, 0.05) is 18.0 Å². The van der Waals surface area contributed by atoms with Crippen LogP contribution in [0.1, 0.15) is 25.1 Å². The molecule has 0 fully saturated rings. The van der Waals surface area contributed by atoms with Gasteiger partial charge in [-0.25, -0.2) is 4.98 Å². The predicted molar refractivity (Wildman–Crippen MR) is 95.0 cm³/mol. The maximum Gasteiger partial charge on any atom is 0.226 e. The molecular weight excluding hydrogens is 284 g/mol. The molecule has 3 aromatic rings. The molecule has 0 amide bonds. The molecule has 0 saturated heterocycles. The lowest BCUT2D eigenvalue weighted by Gasteiger charge is -2.08. The Labute approximate surface area is 136 Å². The molecule has 0 radical (unpaired) electrons. The molecule has 3 aromatic heterocycles. The molecule has 0 saturated carbocycles. The Morgan fingerprint density at radius 3 is 2.78 bits per heavy atom. The minimum atomic E-state index is 0.553. The van der Waals surface area contributed by atoms with Crippen LogP contribution >= 0.6 is 0 Å². The lowest BCUT2D eigenvalue weighted by Crippen LogP contribution is -1.94. The number of nitrogens with zero attached hydrogens (tertiary/aromatic N) is 2. The van der Waals surface area contributed by atoms with E-state index in [1.165, 1.54) is 5.56 Å². The Hall–Kier alpha value is -2.68. The molecule has 3 heterocycles. The van der Waals surface area contributed by atoms with E-state index in [-0.39, 0.29) is 0 Å². The van der Waals surface area contributed by atoms with Crippen molar-refractivity contribution in [2.75, 3.05) is 0 Å². The number of hydrogen-bond acceptors (Lipinski definition) is 3. The quantitative estimate of drug-likeness (QED) is 0.601. The van der Waals surface area contributed by atoms with E-state index in [9.17, 15) is 0 Å². The summed E-state index contributed by atoms with van der Waals surface area (Å²) in [6.07, 6.45) is 8.09. The zero-order valence-corrected chi connectivity index (χ0v) is 13.5. The van der Waals surface area contributed by atoms with Crippen molar-refractivity contribution in [1.29, 1.82) is 0 Å². The average Bonchev–Trinajstić information content (AvgIpc) is 2.96. The van der Waals surface area contributed by atoms with Crippen molar-refractivity contribution in [2.24, 2.45) is 5.92 Å². The largest absolute Gasteiger partial charge is 0.446 e. The van der Waals surface area contributed by atoms with Crippen LogP contribution in [0.15, 0.2) is 60.5 Å². The van der Waals surface area contributed by atoms with Gasteiger partial charge < -0.3 is 4.42 Å². The van der Waals surface area contributed by atoms with Crippen LogP contribution < -0.4 is 0 Å². The number of hydrogen-bond donors (Lipinski definition) is 0. The Morgan fingerprint density at radius 1 is 1.26 bits per heavy atom. The summed E-state index contributed by atoms with van der Waals surface area (Å²) < 4.78 is 5.65. The van der Waals surface area contributed by atoms with Gasteiger partial charge in [0.2, 0.25) is 5.71 Å². The number of fused-ring (bicyclic) bond motifs is 1. The highest BCUT2D eigenvalue weighted by Crippen LogP contribution is 2.33. The van der Waals surface area contributed by atoms with Crippen molar-refractivity contribution in [3.8, 4) is 11.1 Å². The first-order chi connectivity index (χ1) is 11.1. The zero-order valence-electron chi connectivity index (χ0n) is 13.5. The molecule has 0 spiro atoms. The molecular formula is C20H20N2O. The number of pyridine rings is 2. The molecule has 3 nitrogen and oxygen atoms in total. The van der Waals surface area contributed by atoms with Gasteiger partial charge in [-0.15, -0.1) is 0 Å². The lowest BCUT2D eigenvalue weighted by molar-refractivity contribution is 0.585. The lowest BCUT2D eigenvalue weighted by atomic mass is 9.96. The maximum atomic E-state index is 5.65. The molecule has 0 bridgehead atoms. The minimum Gasteiger partial charge on any atom is -0.446 e. The minimum absolute atomic E-state index is 0.553. The molecule has 3 heteroatoms. The van der Waals surface area contributed by atoms with E-state index in [0.717, 1.165) is 34.2 Å². The van der Waals surface area contributed by atoms with Crippen molar-refractivity contribution in [1.82, 2.24) is 9.97 Å². The summed E-state index contributed by atoms with van der Waals surface area (Å²) in [6.45, 7) is 12.1. The van der Waals surface area contributed by atoms with E-state index in [0.29, 0.717) is 11.6 Å². The zero-order chi connectivity index (χ0) is 16.4. The second kappa shape index (κ2) is 6.21. The summed E-state index contributed by atoms with van der Waals surface area (Å²) >= 11 is 0. The van der Waals surface area contributed by atoms with Gasteiger partial charge in [-0.1, -0.05) is 33.1 Å². The summed E-state index contributed by atoms with van der Waals surface area (Å²) in [6, 6.07) is 6.06. The highest BCUT2D eigenvalue weighted by atomic mass is 16.3. The van der Waals surface area contributed by atoms with Crippen LogP contribution in [0.4, 0.5) is 0 Å². The molecule has 0 aliphatic rings. The summed E-state index contributed by atoms with van der Waals surface area (Å²) in [4.78, 5) is 8.72. The van der Waals surface area contributed by atoms with Crippen LogP contribution in [0.2, 0.25) is 0 Å². The Balaban J connectivity index is 2.18. The van der Waals surface area contributed by atoms with Crippen LogP contribution in [0.3, 0.4) is 0 Å². The van der Waals surface area contributed by atoms with Crippen LogP contribution in [-0.4, -0.2) is 9.97 Å². The van der Waals surface area contributed by atoms with Crippen LogP contribution in [-0.2, 0) is 6.42 Å². The van der Waals surface area contributed by atoms with Crippen LogP contribution in [0.25, 0.3) is 27.8 Å². The number of furan rings is 1. The van der Waals surface area contributed by atoms with Crippen molar-refractivity contribution in [2.45, 2.75) is 20.3 Å². The number of aromatic nitrogens is 2. The standard InChI is InChI=1S/C20H20N2O/c1-5-14(4)18-11-15(6-8-21-18)17-7-9-22-20-19(17)16(12-23-20)10-13(2)3/h5-9,11-13H,1,4,10H2,2-3H3. The molecule has 0 aliphatic carbocycles. The fourth-order valence-electron chi connectivity index (χ4n) is 2.74. The van der Waals surface area contributed by atoms with Gasteiger partial charge in [0.05, 0.1) is 17.3 Å². The monoisotopic (exact) mass is 304 g/mol. The average molecular weight is 304 g/mol. The SMILES string of the molecule is C=CC(=C)c1cc(-c2ccnc3occ(CC(C)C)c23)ccn1. The molecule has 0 unspecified atom stereocenters. The van der Waals surface area contributed by atoms with Gasteiger partial charge in [0.15, 0.2) is 0 Å². The van der Waals surface area contributed by atoms with Crippen LogP contribution in [0.5, 0.6) is 0 Å². The van der Waals surface area contributed by atoms with E-state index in [4.69, 9.17) is 4.42 Å². The second-order valence-electron chi connectivity index (χ2n) is 6.06. The van der Waals surface area contributed by atoms with Crippen molar-refractivity contribution >= 4 is 16.7 Å². The summed E-state index contributed by atoms with van der Waals surface area (Å²) in [7, 11) is 0. The summed E-state index contributed by atoms with van der Waals surface area (Å²) in [5.74, 6) is 0.553. The Morgan fingerprint density at radius 2 is 2.04 bits per heavy atom. The molecule has 0 N–H and O–H groups in total. The smallest absolute Gasteiger partial charge is 0.226 e. The van der Waals surface area contributed by atoms with Gasteiger partial charge in [-0.05, 0) is 47.2 Å². The first-order valence-corrected chi connectivity index (χ1v) is 7.73. The van der Waals surface area contributed by atoms with Gasteiger partial charge in [-0.2, -0.15) is 0 Å². The highest BCUT2D eigenvalue weighted by molar-refractivity contribution is 5.95. The molecule has 116 valence electrons. The topological polar surface area (TPSA) is 38.9 Å². The summed E-state index contributed by atoms with van der Waals surface area (Å²) in [5, 5.41) is 1.09. The highest BCUT2D eigenvalue weighted by Gasteiger charge is 2.14. The predicted octanol–water partition coefficient (Wildman–Crippen LogP) is 5.29. The molecule has 0 atom stereocenters. The maximum absolute atomic E-state index is 5.65. The fourth-order valence-corrected chi connectivity index (χ4v) is 2.74. The van der Waals surface area contributed by atoms with Crippen molar-refractivity contribution in [3.63, 3.8) is 0 Å². The number of allylic oxidation sites excluding steroid dienone is 2. The van der Waals surface area contributed by atoms with Crippen molar-refractivity contribution in [3.05, 3.63) is 67.3 Å². The first-order valence-electron chi connectivity index (χ1n) is 7.73. The summed E-state index contributed by atoms with van der Waals surface area (Å²) in [5.41, 5.74) is 5.71. The van der Waals surface area contributed by atoms with E-state index < -0.39 is 0 Å². The van der Waals surface area contributed by atoms with E-state index >= 15 is 0 Å². The third kappa shape index (κ3) is 2.95. The second-order valence-corrected chi connectivity index (χ2v) is 6.06. The Bertz CT molecular complexity index is 874. The van der Waals surface area contributed by atoms with Gasteiger partial charge >= 0.3 is 0 Å². The normalized spacial score (nSPS) is 11.1. The first kappa shape index (κ1) is 15.2. The van der Waals surface area contributed by atoms with Gasteiger partial charge in [0.1, 0.15) is 0 Å². The fraction of sp³-hybridized carbons (Fsp3) is 0.200. The third-order valence-electron chi connectivity index (χ3n) is 3.82. The van der Waals surface area contributed by atoms with E-state index in [2.05, 4.69) is 37.0 Å². The molecule has 0 aliphatic heterocycles. The number of rotatable bonds is 5. The van der Waals surface area contributed by atoms with E-state index in [1.54, 1.807) is 18.5 Å². The molecule has 0 aromatic carbocycles. The molecule has 23 heavy (non-hydrogen) atoms. The van der Waals surface area contributed by atoms with Crippen LogP contribution in [0, 0.1) is 5.92 Å². The molecule has 3 rings (SSSR count). The van der Waals surface area contributed by atoms with Crippen molar-refractivity contribution < 1.29 is 4.42 Å². The van der Waals surface area contributed by atoms with Gasteiger partial charge in [-0.3, -0.25) is 4.98 Å². The van der Waals surface area contributed by atoms with E-state index in [1.807, 2.05) is 24.5 Å². The third-order valence-corrected chi connectivity index (χ3v) is 3.82.